The quantitative estimate of drug-likeness (QED) is 0.725. The highest BCUT2D eigenvalue weighted by atomic mass is 16.5. The van der Waals surface area contributed by atoms with Crippen LogP contribution in [0.25, 0.3) is 10.8 Å². The van der Waals surface area contributed by atoms with Gasteiger partial charge in [-0.3, -0.25) is 0 Å². The Kier molecular flexibility index (Phi) is 3.89. The molecule has 0 aliphatic heterocycles. The van der Waals surface area contributed by atoms with Crippen molar-refractivity contribution in [1.29, 1.82) is 0 Å². The molecule has 0 heterocycles. The van der Waals surface area contributed by atoms with Crippen LogP contribution in [0.4, 0.5) is 0 Å². The van der Waals surface area contributed by atoms with Gasteiger partial charge in [0.2, 0.25) is 0 Å². The van der Waals surface area contributed by atoms with E-state index in [1.54, 1.807) is 0 Å². The lowest BCUT2D eigenvalue weighted by Crippen LogP contribution is -2.09. The summed E-state index contributed by atoms with van der Waals surface area (Å²) >= 11 is 0. The summed E-state index contributed by atoms with van der Waals surface area (Å²) in [5.41, 5.74) is 7.23. The summed E-state index contributed by atoms with van der Waals surface area (Å²) in [5, 5.41) is 2.28. The zero-order valence-electron chi connectivity index (χ0n) is 12.1. The number of hydrogen-bond donors (Lipinski definition) is 1. The van der Waals surface area contributed by atoms with E-state index in [-0.39, 0.29) is 6.04 Å². The summed E-state index contributed by atoms with van der Waals surface area (Å²) in [7, 11) is 0. The molecular formula is C19H19NO. The molecule has 0 aliphatic carbocycles. The van der Waals surface area contributed by atoms with E-state index >= 15 is 0 Å². The SMILES string of the molecule is CCC(N)c1ccccc1Oc1cccc2ccccc12. The van der Waals surface area contributed by atoms with Crippen molar-refractivity contribution in [3.05, 3.63) is 72.3 Å². The van der Waals surface area contributed by atoms with Crippen LogP contribution < -0.4 is 10.5 Å². The highest BCUT2D eigenvalue weighted by Crippen LogP contribution is 2.33. The minimum atomic E-state index is -0.00354. The summed E-state index contributed by atoms with van der Waals surface area (Å²) in [6.45, 7) is 2.08. The Morgan fingerprint density at radius 3 is 2.38 bits per heavy atom. The van der Waals surface area contributed by atoms with Crippen molar-refractivity contribution in [3.8, 4) is 11.5 Å². The molecule has 106 valence electrons. The lowest BCUT2D eigenvalue weighted by atomic mass is 10.0. The van der Waals surface area contributed by atoms with Gasteiger partial charge in [0.15, 0.2) is 0 Å². The number of rotatable bonds is 4. The van der Waals surface area contributed by atoms with Gasteiger partial charge in [-0.25, -0.2) is 0 Å². The molecule has 2 nitrogen and oxygen atoms in total. The summed E-state index contributed by atoms with van der Waals surface area (Å²) in [6, 6.07) is 22.3. The van der Waals surface area contributed by atoms with Crippen molar-refractivity contribution in [2.24, 2.45) is 5.73 Å². The van der Waals surface area contributed by atoms with E-state index in [0.29, 0.717) is 0 Å². The first kappa shape index (κ1) is 13.7. The first-order chi connectivity index (χ1) is 10.3. The van der Waals surface area contributed by atoms with Gasteiger partial charge in [-0.15, -0.1) is 0 Å². The predicted molar refractivity (Wildman–Crippen MR) is 87.7 cm³/mol. The van der Waals surface area contributed by atoms with E-state index in [2.05, 4.69) is 25.1 Å². The molecule has 0 spiro atoms. The Hall–Kier alpha value is -2.32. The van der Waals surface area contributed by atoms with Crippen LogP contribution in [0.15, 0.2) is 66.7 Å². The third-order valence-electron chi connectivity index (χ3n) is 3.73. The molecule has 3 rings (SSSR count). The third-order valence-corrected chi connectivity index (χ3v) is 3.73. The van der Waals surface area contributed by atoms with E-state index in [9.17, 15) is 0 Å². The molecule has 0 bridgehead atoms. The largest absolute Gasteiger partial charge is 0.456 e. The van der Waals surface area contributed by atoms with Gasteiger partial charge in [-0.2, -0.15) is 0 Å². The molecule has 0 saturated carbocycles. The Bertz CT molecular complexity index is 746. The topological polar surface area (TPSA) is 35.2 Å². The molecule has 0 radical (unpaired) electrons. The van der Waals surface area contributed by atoms with Crippen molar-refractivity contribution < 1.29 is 4.74 Å². The Morgan fingerprint density at radius 2 is 1.52 bits per heavy atom. The lowest BCUT2D eigenvalue weighted by Gasteiger charge is -2.16. The molecule has 0 saturated heterocycles. The number of nitrogens with two attached hydrogens (primary N) is 1. The van der Waals surface area contributed by atoms with Crippen molar-refractivity contribution in [2.75, 3.05) is 0 Å². The highest BCUT2D eigenvalue weighted by molar-refractivity contribution is 5.88. The Morgan fingerprint density at radius 1 is 0.857 bits per heavy atom. The van der Waals surface area contributed by atoms with Gasteiger partial charge in [-0.1, -0.05) is 61.5 Å². The number of benzene rings is 3. The number of fused-ring (bicyclic) bond motifs is 1. The average molecular weight is 277 g/mol. The Balaban J connectivity index is 2.03. The van der Waals surface area contributed by atoms with E-state index in [1.165, 1.54) is 5.39 Å². The maximum Gasteiger partial charge on any atom is 0.135 e. The van der Waals surface area contributed by atoms with E-state index in [4.69, 9.17) is 10.5 Å². The van der Waals surface area contributed by atoms with Crippen LogP contribution in [0, 0.1) is 0 Å². The normalized spacial score (nSPS) is 12.3. The van der Waals surface area contributed by atoms with Crippen molar-refractivity contribution in [2.45, 2.75) is 19.4 Å². The second kappa shape index (κ2) is 5.98. The highest BCUT2D eigenvalue weighted by Gasteiger charge is 2.11. The van der Waals surface area contributed by atoms with Gasteiger partial charge in [0.25, 0.3) is 0 Å². The van der Waals surface area contributed by atoms with Crippen LogP contribution in [0.5, 0.6) is 11.5 Å². The number of hydrogen-bond acceptors (Lipinski definition) is 2. The van der Waals surface area contributed by atoms with Crippen LogP contribution in [0.2, 0.25) is 0 Å². The summed E-state index contributed by atoms with van der Waals surface area (Å²) in [6.07, 6.45) is 0.885. The van der Waals surface area contributed by atoms with Gasteiger partial charge >= 0.3 is 0 Å². The molecule has 2 heteroatoms. The van der Waals surface area contributed by atoms with Crippen molar-refractivity contribution in [3.63, 3.8) is 0 Å². The summed E-state index contributed by atoms with van der Waals surface area (Å²) in [4.78, 5) is 0. The van der Waals surface area contributed by atoms with E-state index in [0.717, 1.165) is 28.9 Å². The fourth-order valence-electron chi connectivity index (χ4n) is 2.50. The molecule has 0 aliphatic rings. The van der Waals surface area contributed by atoms with Crippen LogP contribution in [-0.4, -0.2) is 0 Å². The second-order valence-electron chi connectivity index (χ2n) is 5.13. The molecule has 3 aromatic carbocycles. The first-order valence-electron chi connectivity index (χ1n) is 7.29. The van der Waals surface area contributed by atoms with Crippen molar-refractivity contribution >= 4 is 10.8 Å². The van der Waals surface area contributed by atoms with Gasteiger partial charge in [-0.05, 0) is 23.9 Å². The Labute approximate surface area is 125 Å². The molecular weight excluding hydrogens is 258 g/mol. The van der Waals surface area contributed by atoms with Gasteiger partial charge in [0, 0.05) is 17.0 Å². The minimum absolute atomic E-state index is 0.00354. The fraction of sp³-hybridized carbons (Fsp3) is 0.158. The average Bonchev–Trinajstić information content (AvgIpc) is 2.55. The van der Waals surface area contributed by atoms with Crippen LogP contribution in [-0.2, 0) is 0 Å². The number of ether oxygens (including phenoxy) is 1. The molecule has 21 heavy (non-hydrogen) atoms. The van der Waals surface area contributed by atoms with Gasteiger partial charge in [0.1, 0.15) is 11.5 Å². The molecule has 0 amide bonds. The van der Waals surface area contributed by atoms with Crippen LogP contribution in [0.3, 0.4) is 0 Å². The lowest BCUT2D eigenvalue weighted by molar-refractivity contribution is 0.474. The minimum Gasteiger partial charge on any atom is -0.456 e. The van der Waals surface area contributed by atoms with Crippen LogP contribution >= 0.6 is 0 Å². The van der Waals surface area contributed by atoms with Crippen LogP contribution in [0.1, 0.15) is 24.9 Å². The fourth-order valence-corrected chi connectivity index (χ4v) is 2.50. The molecule has 3 aromatic rings. The predicted octanol–water partition coefficient (Wildman–Crippen LogP) is 5.04. The third kappa shape index (κ3) is 2.76. The first-order valence-corrected chi connectivity index (χ1v) is 7.29. The van der Waals surface area contributed by atoms with Gasteiger partial charge < -0.3 is 10.5 Å². The standard InChI is InChI=1S/C19H19NO/c1-2-17(20)16-11-5-6-12-19(16)21-18-13-7-9-14-8-3-4-10-15(14)18/h3-13,17H,2,20H2,1H3. The van der Waals surface area contributed by atoms with E-state index < -0.39 is 0 Å². The molecule has 0 fully saturated rings. The smallest absolute Gasteiger partial charge is 0.135 e. The second-order valence-corrected chi connectivity index (χ2v) is 5.13. The van der Waals surface area contributed by atoms with Crippen molar-refractivity contribution in [1.82, 2.24) is 0 Å². The molecule has 1 unspecified atom stereocenters. The van der Waals surface area contributed by atoms with Gasteiger partial charge in [0.05, 0.1) is 0 Å². The summed E-state index contributed by atoms with van der Waals surface area (Å²) in [5.74, 6) is 1.70. The number of para-hydroxylation sites is 1. The summed E-state index contributed by atoms with van der Waals surface area (Å²) < 4.78 is 6.17. The zero-order chi connectivity index (χ0) is 14.7. The maximum atomic E-state index is 6.18. The molecule has 2 N–H and O–H groups in total. The molecule has 0 aromatic heterocycles. The molecule has 1 atom stereocenters. The maximum absolute atomic E-state index is 6.18. The van der Waals surface area contributed by atoms with E-state index in [1.807, 2.05) is 48.5 Å². The zero-order valence-corrected chi connectivity index (χ0v) is 12.1. The monoisotopic (exact) mass is 277 g/mol.